The van der Waals surface area contributed by atoms with Gasteiger partial charge in [-0.25, -0.2) is 9.95 Å². The maximum Gasteiger partial charge on any atom is 0.337 e. The minimum atomic E-state index is -1.04. The fraction of sp³-hybridized carbons (Fsp3) is 0.0833. The summed E-state index contributed by atoms with van der Waals surface area (Å²) in [5.74, 6) is -0.484. The Morgan fingerprint density at radius 1 is 1.03 bits per heavy atom. The van der Waals surface area contributed by atoms with E-state index in [0.717, 1.165) is 33.4 Å². The molecule has 0 fully saturated rings. The summed E-state index contributed by atoms with van der Waals surface area (Å²) in [6.45, 7) is 1.92. The zero-order valence-electron chi connectivity index (χ0n) is 17.7. The van der Waals surface area contributed by atoms with Gasteiger partial charge in [0.2, 0.25) is 0 Å². The highest BCUT2D eigenvalue weighted by Gasteiger charge is 2.19. The number of aryl methyl sites for hydroxylation is 1. The average molecular weight is 458 g/mol. The number of aromatic nitrogens is 4. The second-order valence-corrected chi connectivity index (χ2v) is 7.77. The molecule has 3 aromatic carbocycles. The van der Waals surface area contributed by atoms with Gasteiger partial charge >= 0.3 is 10.8 Å². The summed E-state index contributed by atoms with van der Waals surface area (Å²) in [4.78, 5) is 23.6. The first-order valence-electron chi connectivity index (χ1n) is 10.0. The predicted octanol–water partition coefficient (Wildman–Crippen LogP) is 5.62. The maximum atomic E-state index is 11.9. The minimum absolute atomic E-state index is 0.136. The molecule has 0 radical (unpaired) electrons. The van der Waals surface area contributed by atoms with E-state index in [9.17, 15) is 9.90 Å². The van der Waals surface area contributed by atoms with Gasteiger partial charge in [0.1, 0.15) is 0 Å². The molecular weight excluding hydrogens is 440 g/mol. The number of H-pyrrole nitrogens is 2. The van der Waals surface area contributed by atoms with Crippen molar-refractivity contribution < 1.29 is 19.2 Å². The van der Waals surface area contributed by atoms with Crippen LogP contribution in [0, 0.1) is 11.8 Å². The first-order valence-corrected chi connectivity index (χ1v) is 10.4. The zero-order valence-corrected chi connectivity index (χ0v) is 18.5. The summed E-state index contributed by atoms with van der Waals surface area (Å²) >= 11 is 4.98. The van der Waals surface area contributed by atoms with Gasteiger partial charge in [-0.2, -0.15) is 9.97 Å². The van der Waals surface area contributed by atoms with Gasteiger partial charge in [0, 0.05) is 5.56 Å². The molecule has 0 aliphatic carbocycles. The zero-order chi connectivity index (χ0) is 23.1. The first kappa shape index (κ1) is 20.7. The number of aromatic amines is 2. The van der Waals surface area contributed by atoms with Crippen molar-refractivity contribution in [3.8, 4) is 39.7 Å². The number of methoxy groups -OCH3 is 1. The van der Waals surface area contributed by atoms with E-state index >= 15 is 0 Å². The number of carboxylic acid groups (broad SMARTS) is 1. The van der Waals surface area contributed by atoms with Crippen LogP contribution in [0.5, 0.6) is 6.01 Å². The van der Waals surface area contributed by atoms with Crippen LogP contribution in [0.15, 0.2) is 59.1 Å². The molecule has 2 heterocycles. The third-order valence-electron chi connectivity index (χ3n) is 5.55. The van der Waals surface area contributed by atoms with Crippen molar-refractivity contribution in [2.24, 2.45) is 0 Å². The number of hydrogen-bond acceptors (Lipinski definition) is 6. The molecule has 164 valence electrons. The Bertz CT molecular complexity index is 1560. The largest absolute Gasteiger partial charge is 0.478 e. The molecule has 0 unspecified atom stereocenters. The van der Waals surface area contributed by atoms with E-state index in [4.69, 9.17) is 21.5 Å². The van der Waals surface area contributed by atoms with Crippen LogP contribution in [0.2, 0.25) is 0 Å². The van der Waals surface area contributed by atoms with E-state index in [1.165, 1.54) is 7.11 Å². The molecule has 2 aromatic heterocycles. The molecule has 0 spiro atoms. The van der Waals surface area contributed by atoms with Gasteiger partial charge in [-0.1, -0.05) is 48.5 Å². The number of benzene rings is 3. The molecule has 3 N–H and O–H groups in total. The van der Waals surface area contributed by atoms with Crippen LogP contribution in [0.1, 0.15) is 15.9 Å². The van der Waals surface area contributed by atoms with Crippen LogP contribution in [-0.4, -0.2) is 38.3 Å². The number of fused-ring (bicyclic) bond motifs is 1. The van der Waals surface area contributed by atoms with Crippen LogP contribution >= 0.6 is 12.2 Å². The third-order valence-corrected chi connectivity index (χ3v) is 5.72. The Balaban J connectivity index is 1.61. The second kappa shape index (κ2) is 8.03. The van der Waals surface area contributed by atoms with E-state index in [1.807, 2.05) is 55.5 Å². The lowest BCUT2D eigenvalue weighted by atomic mass is 9.93. The van der Waals surface area contributed by atoms with Crippen LogP contribution in [0.4, 0.5) is 0 Å². The van der Waals surface area contributed by atoms with Gasteiger partial charge < -0.3 is 19.4 Å². The summed E-state index contributed by atoms with van der Waals surface area (Å²) in [6, 6.07) is 17.6. The van der Waals surface area contributed by atoms with Gasteiger partial charge in [0.25, 0.3) is 6.01 Å². The molecule has 5 rings (SSSR count). The number of carbonyl (C=O) groups is 1. The maximum absolute atomic E-state index is 11.9. The molecule has 0 atom stereocenters. The highest BCUT2D eigenvalue weighted by molar-refractivity contribution is 7.71. The van der Waals surface area contributed by atoms with Crippen LogP contribution in [0.3, 0.4) is 0 Å². The summed E-state index contributed by atoms with van der Waals surface area (Å²) in [7, 11) is 1.48. The molecular formula is C24H18N4O4S. The van der Waals surface area contributed by atoms with E-state index in [1.54, 1.807) is 6.07 Å². The van der Waals surface area contributed by atoms with Gasteiger partial charge in [-0.05, 0) is 53.0 Å². The first-order chi connectivity index (χ1) is 16.0. The SMILES string of the molecule is COc1nc2c(C)c(-c3ccc(-c4ccccc4-c4nc(=S)o[nH]4)cc3)cc(C(=O)O)c2[nH]1. The van der Waals surface area contributed by atoms with Crippen molar-refractivity contribution in [1.29, 1.82) is 0 Å². The van der Waals surface area contributed by atoms with Crippen LogP contribution in [0.25, 0.3) is 44.7 Å². The number of rotatable bonds is 5. The Hall–Kier alpha value is -4.24. The molecule has 8 nitrogen and oxygen atoms in total. The average Bonchev–Trinajstić information content (AvgIpc) is 3.46. The standard InChI is InChI=1S/C24H18N4O4S/c1-12-17(11-18(22(29)30)20-19(12)25-23(26-20)31-2)14-9-7-13(8-10-14)15-5-3-4-6-16(15)21-27-24(33)32-28-21/h3-11H,1-2H3,(H,25,26)(H,29,30)(H,27,28,33). The number of nitrogens with one attached hydrogen (secondary N) is 2. The van der Waals surface area contributed by atoms with Gasteiger partial charge in [0.15, 0.2) is 5.82 Å². The molecule has 0 aliphatic rings. The molecule has 0 saturated carbocycles. The molecule has 5 aromatic rings. The summed E-state index contributed by atoms with van der Waals surface area (Å²) in [5.41, 5.74) is 6.45. The van der Waals surface area contributed by atoms with Crippen molar-refractivity contribution in [3.63, 3.8) is 0 Å². The van der Waals surface area contributed by atoms with Crippen molar-refractivity contribution >= 4 is 29.2 Å². The number of imidazole rings is 1. The van der Waals surface area contributed by atoms with Crippen molar-refractivity contribution in [2.75, 3.05) is 7.11 Å². The number of hydrogen-bond donors (Lipinski definition) is 3. The minimum Gasteiger partial charge on any atom is -0.478 e. The summed E-state index contributed by atoms with van der Waals surface area (Å²) in [6.07, 6.45) is 0. The Kier molecular flexibility index (Phi) is 5.02. The number of carboxylic acids is 1. The van der Waals surface area contributed by atoms with Gasteiger partial charge in [0.05, 0.1) is 23.7 Å². The molecule has 0 saturated heterocycles. The van der Waals surface area contributed by atoms with Gasteiger partial charge in [-0.15, -0.1) is 0 Å². The molecule has 0 aliphatic heterocycles. The Morgan fingerprint density at radius 2 is 1.70 bits per heavy atom. The predicted molar refractivity (Wildman–Crippen MR) is 126 cm³/mol. The van der Waals surface area contributed by atoms with Crippen molar-refractivity contribution in [3.05, 3.63) is 70.6 Å². The summed E-state index contributed by atoms with van der Waals surface area (Å²) < 4.78 is 10.3. The smallest absolute Gasteiger partial charge is 0.337 e. The van der Waals surface area contributed by atoms with Crippen molar-refractivity contribution in [2.45, 2.75) is 6.92 Å². The quantitative estimate of drug-likeness (QED) is 0.292. The monoisotopic (exact) mass is 458 g/mol. The summed E-state index contributed by atoms with van der Waals surface area (Å²) in [5, 5.41) is 12.5. The number of aromatic carboxylic acids is 1. The number of ether oxygens (including phenoxy) is 1. The van der Waals surface area contributed by atoms with E-state index in [-0.39, 0.29) is 16.4 Å². The lowest BCUT2D eigenvalue weighted by molar-refractivity contribution is 0.0699. The van der Waals surface area contributed by atoms with E-state index in [0.29, 0.717) is 16.9 Å². The highest BCUT2D eigenvalue weighted by atomic mass is 32.1. The third kappa shape index (κ3) is 3.58. The normalized spacial score (nSPS) is 11.1. The molecule has 33 heavy (non-hydrogen) atoms. The lowest BCUT2D eigenvalue weighted by Crippen LogP contribution is -2.00. The second-order valence-electron chi connectivity index (χ2n) is 7.42. The van der Waals surface area contributed by atoms with Crippen molar-refractivity contribution in [1.82, 2.24) is 20.1 Å². The van der Waals surface area contributed by atoms with E-state index < -0.39 is 5.97 Å². The fourth-order valence-corrected chi connectivity index (χ4v) is 4.08. The van der Waals surface area contributed by atoms with Gasteiger partial charge in [-0.3, -0.25) is 0 Å². The molecule has 0 amide bonds. The highest BCUT2D eigenvalue weighted by Crippen LogP contribution is 2.35. The Labute approximate surface area is 192 Å². The van der Waals surface area contributed by atoms with Crippen LogP contribution < -0.4 is 4.74 Å². The molecule has 9 heteroatoms. The molecule has 0 bridgehead atoms. The Morgan fingerprint density at radius 3 is 2.30 bits per heavy atom. The van der Waals surface area contributed by atoms with Crippen LogP contribution in [-0.2, 0) is 0 Å². The lowest BCUT2D eigenvalue weighted by Gasteiger charge is -2.11. The number of nitrogens with zero attached hydrogens (tertiary/aromatic N) is 2. The topological polar surface area (TPSA) is 117 Å². The fourth-order valence-electron chi connectivity index (χ4n) is 3.95. The van der Waals surface area contributed by atoms with E-state index in [2.05, 4.69) is 20.1 Å².